The second-order valence-corrected chi connectivity index (χ2v) is 4.18. The third-order valence-electron chi connectivity index (χ3n) is 0.644. The first kappa shape index (κ1) is 10.7. The zero-order valence-electron chi connectivity index (χ0n) is 5.43. The summed E-state index contributed by atoms with van der Waals surface area (Å²) in [6.07, 6.45) is 0. The van der Waals surface area contributed by atoms with Gasteiger partial charge in [0.1, 0.15) is 0 Å². The number of hydrogen-bond donors (Lipinski definition) is 0. The van der Waals surface area contributed by atoms with Gasteiger partial charge < -0.3 is 0 Å². The average Bonchev–Trinajstić information content (AvgIpc) is 1.85. The van der Waals surface area contributed by atoms with E-state index in [0.717, 1.165) is 10.7 Å². The Balaban J connectivity index is 3.61. The summed E-state index contributed by atoms with van der Waals surface area (Å²) in [5.41, 5.74) is 0. The Kier molecular flexibility index (Phi) is 6.28. The van der Waals surface area contributed by atoms with Crippen LogP contribution in [-0.4, -0.2) is 39.1 Å². The fraction of sp³-hybridized carbons (Fsp3) is 0.500. The molecule has 0 N–H and O–H groups in total. The fourth-order valence-electron chi connectivity index (χ4n) is 0.275. The lowest BCUT2D eigenvalue weighted by atomic mass is 11.0. The number of rotatable bonds is 4. The molecule has 0 amide bonds. The minimum absolute atomic E-state index is 0.309. The SMILES string of the molecule is O=S(=O)=CCSCC=S(=O)=O. The van der Waals surface area contributed by atoms with Crippen LogP contribution in [0.4, 0.5) is 0 Å². The number of hydrogen-bond acceptors (Lipinski definition) is 5. The highest BCUT2D eigenvalue weighted by Crippen LogP contribution is 1.92. The molecule has 0 aliphatic rings. The maximum absolute atomic E-state index is 9.90. The number of thioether (sulfide) groups is 1. The lowest BCUT2D eigenvalue weighted by Crippen LogP contribution is -1.86. The van der Waals surface area contributed by atoms with Crippen LogP contribution in [0.2, 0.25) is 0 Å². The van der Waals surface area contributed by atoms with E-state index in [-0.39, 0.29) is 0 Å². The molecule has 0 fully saturated rings. The minimum atomic E-state index is -2.14. The Hall–Kier alpha value is -0.270. The van der Waals surface area contributed by atoms with Gasteiger partial charge in [0.2, 0.25) is 20.6 Å². The summed E-state index contributed by atoms with van der Waals surface area (Å²) in [5.74, 6) is 0.619. The Bertz CT molecular complexity index is 295. The second-order valence-electron chi connectivity index (χ2n) is 1.39. The molecule has 0 saturated heterocycles. The highest BCUT2D eigenvalue weighted by atomic mass is 32.2. The third kappa shape index (κ3) is 9.73. The van der Waals surface area contributed by atoms with Crippen molar-refractivity contribution in [1.29, 1.82) is 0 Å². The summed E-state index contributed by atoms with van der Waals surface area (Å²) in [6.45, 7) is 0. The van der Waals surface area contributed by atoms with Crippen molar-refractivity contribution < 1.29 is 16.8 Å². The summed E-state index contributed by atoms with van der Waals surface area (Å²) in [4.78, 5) is 0. The highest BCUT2D eigenvalue weighted by Gasteiger charge is 1.82. The topological polar surface area (TPSA) is 68.3 Å². The van der Waals surface area contributed by atoms with E-state index in [1.807, 2.05) is 0 Å². The molecule has 0 aromatic heterocycles. The first-order valence-electron chi connectivity index (χ1n) is 2.53. The van der Waals surface area contributed by atoms with Gasteiger partial charge in [-0.15, -0.1) is 0 Å². The van der Waals surface area contributed by atoms with Crippen molar-refractivity contribution in [2.45, 2.75) is 0 Å². The molecule has 11 heavy (non-hydrogen) atoms. The minimum Gasteiger partial charge on any atom is -0.185 e. The maximum atomic E-state index is 9.90. The molecule has 0 aromatic rings. The standard InChI is InChI=1S/C4H6O4S3/c5-10(6)3-1-9-2-4-11(7)8/h3-4H,1-2H2. The lowest BCUT2D eigenvalue weighted by molar-refractivity contribution is 0.626. The van der Waals surface area contributed by atoms with Gasteiger partial charge in [0.25, 0.3) is 0 Å². The van der Waals surface area contributed by atoms with Crippen LogP contribution in [0, 0.1) is 0 Å². The van der Waals surface area contributed by atoms with Gasteiger partial charge in [0.15, 0.2) is 0 Å². The Labute approximate surface area is 71.7 Å². The van der Waals surface area contributed by atoms with Gasteiger partial charge in [0, 0.05) is 22.2 Å². The molecule has 0 aliphatic carbocycles. The Morgan fingerprint density at radius 2 is 1.27 bits per heavy atom. The van der Waals surface area contributed by atoms with Crippen LogP contribution in [0.5, 0.6) is 0 Å². The zero-order valence-corrected chi connectivity index (χ0v) is 7.88. The molecule has 0 unspecified atom stereocenters. The fourth-order valence-corrected chi connectivity index (χ4v) is 2.07. The lowest BCUT2D eigenvalue weighted by Gasteiger charge is -1.82. The monoisotopic (exact) mass is 214 g/mol. The van der Waals surface area contributed by atoms with E-state index in [1.54, 1.807) is 0 Å². The van der Waals surface area contributed by atoms with E-state index in [9.17, 15) is 16.8 Å². The van der Waals surface area contributed by atoms with Gasteiger partial charge in [0.05, 0.1) is 0 Å². The van der Waals surface area contributed by atoms with E-state index in [2.05, 4.69) is 0 Å². The molecule has 0 rings (SSSR count). The van der Waals surface area contributed by atoms with E-state index >= 15 is 0 Å². The van der Waals surface area contributed by atoms with Gasteiger partial charge in [-0.25, -0.2) is 0 Å². The van der Waals surface area contributed by atoms with E-state index in [4.69, 9.17) is 0 Å². The maximum Gasteiger partial charge on any atom is 0.210 e. The normalized spacial score (nSPS) is 8.73. The predicted molar refractivity (Wildman–Crippen MR) is 47.3 cm³/mol. The average molecular weight is 214 g/mol. The van der Waals surface area contributed by atoms with Crippen LogP contribution >= 0.6 is 11.8 Å². The van der Waals surface area contributed by atoms with Crippen LogP contribution in [0.3, 0.4) is 0 Å². The van der Waals surface area contributed by atoms with Crippen LogP contribution in [0.15, 0.2) is 0 Å². The quantitative estimate of drug-likeness (QED) is 0.447. The smallest absolute Gasteiger partial charge is 0.185 e. The Morgan fingerprint density at radius 3 is 1.55 bits per heavy atom. The molecule has 0 heterocycles. The van der Waals surface area contributed by atoms with Crippen LogP contribution < -0.4 is 0 Å². The van der Waals surface area contributed by atoms with Crippen molar-refractivity contribution in [1.82, 2.24) is 0 Å². The molecule has 0 aliphatic heterocycles. The van der Waals surface area contributed by atoms with E-state index in [1.165, 1.54) is 11.8 Å². The first-order valence-corrected chi connectivity index (χ1v) is 5.96. The van der Waals surface area contributed by atoms with Gasteiger partial charge in [-0.3, -0.25) is 0 Å². The molecule has 0 saturated carbocycles. The molecule has 7 heteroatoms. The first-order chi connectivity index (χ1) is 5.13. The van der Waals surface area contributed by atoms with Crippen molar-refractivity contribution in [3.8, 4) is 0 Å². The van der Waals surface area contributed by atoms with Crippen LogP contribution in [0.25, 0.3) is 0 Å². The van der Waals surface area contributed by atoms with Crippen LogP contribution in [-0.2, 0) is 20.6 Å². The predicted octanol–water partition coefficient (Wildman–Crippen LogP) is -0.918. The van der Waals surface area contributed by atoms with Crippen molar-refractivity contribution in [2.24, 2.45) is 0 Å². The van der Waals surface area contributed by atoms with Gasteiger partial charge >= 0.3 is 0 Å². The van der Waals surface area contributed by atoms with Crippen molar-refractivity contribution in [2.75, 3.05) is 11.5 Å². The molecule has 0 bridgehead atoms. The molecule has 0 radical (unpaired) electrons. The summed E-state index contributed by atoms with van der Waals surface area (Å²) >= 11 is 1.21. The summed E-state index contributed by atoms with van der Waals surface area (Å²) < 4.78 is 39.6. The van der Waals surface area contributed by atoms with Gasteiger partial charge in [-0.2, -0.15) is 28.6 Å². The third-order valence-corrected chi connectivity index (χ3v) is 2.75. The van der Waals surface area contributed by atoms with E-state index < -0.39 is 20.6 Å². The second kappa shape index (κ2) is 6.44. The van der Waals surface area contributed by atoms with Crippen molar-refractivity contribution >= 4 is 43.1 Å². The van der Waals surface area contributed by atoms with Gasteiger partial charge in [-0.05, 0) is 0 Å². The molecule has 64 valence electrons. The largest absolute Gasteiger partial charge is 0.210 e. The highest BCUT2D eigenvalue weighted by molar-refractivity contribution is 8.01. The Morgan fingerprint density at radius 1 is 0.909 bits per heavy atom. The van der Waals surface area contributed by atoms with Gasteiger partial charge in [-0.1, -0.05) is 0 Å². The summed E-state index contributed by atoms with van der Waals surface area (Å²) in [5, 5.41) is 2.15. The molecule has 0 atom stereocenters. The van der Waals surface area contributed by atoms with Crippen molar-refractivity contribution in [3.05, 3.63) is 0 Å². The van der Waals surface area contributed by atoms with E-state index in [0.29, 0.717) is 11.5 Å². The zero-order chi connectivity index (χ0) is 8.69. The molecule has 0 spiro atoms. The van der Waals surface area contributed by atoms with Crippen molar-refractivity contribution in [3.63, 3.8) is 0 Å². The molecule has 0 aromatic carbocycles. The molecular formula is C4H6O4S3. The summed E-state index contributed by atoms with van der Waals surface area (Å²) in [6, 6.07) is 0. The molecular weight excluding hydrogens is 208 g/mol. The molecule has 4 nitrogen and oxygen atoms in total. The summed E-state index contributed by atoms with van der Waals surface area (Å²) in [7, 11) is -4.29. The van der Waals surface area contributed by atoms with Crippen LogP contribution in [0.1, 0.15) is 0 Å².